The third-order valence-corrected chi connectivity index (χ3v) is 3.51. The molecule has 0 saturated carbocycles. The van der Waals surface area contributed by atoms with E-state index in [2.05, 4.69) is 24.4 Å². The lowest BCUT2D eigenvalue weighted by molar-refractivity contribution is 0.191. The molecule has 2 aromatic rings. The fourth-order valence-corrected chi connectivity index (χ4v) is 2.22. The van der Waals surface area contributed by atoms with E-state index in [-0.39, 0.29) is 5.82 Å². The van der Waals surface area contributed by atoms with E-state index in [0.29, 0.717) is 12.1 Å². The van der Waals surface area contributed by atoms with Crippen molar-refractivity contribution in [3.63, 3.8) is 0 Å². The molecule has 0 radical (unpaired) electrons. The Morgan fingerprint density at radius 2 is 1.90 bits per heavy atom. The molecule has 0 aliphatic carbocycles. The maximum Gasteiger partial charge on any atom is 0.123 e. The molecule has 0 heterocycles. The second-order valence-electron chi connectivity index (χ2n) is 5.25. The first kappa shape index (κ1) is 15.5. The zero-order valence-electron chi connectivity index (χ0n) is 12.3. The first-order valence-electron chi connectivity index (χ1n) is 7.45. The first-order valence-corrected chi connectivity index (χ1v) is 7.45. The van der Waals surface area contributed by atoms with Gasteiger partial charge in [-0.05, 0) is 48.2 Å². The summed E-state index contributed by atoms with van der Waals surface area (Å²) in [5.74, 6) is -0.327. The van der Waals surface area contributed by atoms with Crippen molar-refractivity contribution in [3.05, 3.63) is 65.5 Å². The van der Waals surface area contributed by atoms with Gasteiger partial charge in [0.2, 0.25) is 0 Å². The molecule has 0 aliphatic rings. The molecule has 2 aromatic carbocycles. The third-order valence-electron chi connectivity index (χ3n) is 3.51. The SMILES string of the molecule is CCCCc1ccc(NCC(O)c2cccc(F)c2)cc1. The molecule has 0 amide bonds. The van der Waals surface area contributed by atoms with Crippen molar-refractivity contribution in [1.29, 1.82) is 0 Å². The van der Waals surface area contributed by atoms with Gasteiger partial charge in [-0.3, -0.25) is 0 Å². The normalized spacial score (nSPS) is 12.1. The minimum absolute atomic E-state index is 0.327. The molecule has 1 unspecified atom stereocenters. The van der Waals surface area contributed by atoms with Crippen molar-refractivity contribution in [2.24, 2.45) is 0 Å². The van der Waals surface area contributed by atoms with Crippen molar-refractivity contribution in [2.45, 2.75) is 32.3 Å². The van der Waals surface area contributed by atoms with E-state index < -0.39 is 6.10 Å². The molecule has 21 heavy (non-hydrogen) atoms. The van der Waals surface area contributed by atoms with Crippen molar-refractivity contribution in [2.75, 3.05) is 11.9 Å². The van der Waals surface area contributed by atoms with Crippen LogP contribution in [0.4, 0.5) is 10.1 Å². The molecule has 0 fully saturated rings. The van der Waals surface area contributed by atoms with Crippen molar-refractivity contribution in [1.82, 2.24) is 0 Å². The Morgan fingerprint density at radius 3 is 2.57 bits per heavy atom. The van der Waals surface area contributed by atoms with Crippen LogP contribution in [-0.2, 0) is 6.42 Å². The largest absolute Gasteiger partial charge is 0.387 e. The van der Waals surface area contributed by atoms with Crippen molar-refractivity contribution >= 4 is 5.69 Å². The van der Waals surface area contributed by atoms with E-state index in [0.717, 1.165) is 12.1 Å². The molecule has 2 rings (SSSR count). The van der Waals surface area contributed by atoms with Crippen LogP contribution in [0.3, 0.4) is 0 Å². The van der Waals surface area contributed by atoms with Gasteiger partial charge in [0, 0.05) is 12.2 Å². The fraction of sp³-hybridized carbons (Fsp3) is 0.333. The number of unbranched alkanes of at least 4 members (excludes halogenated alkanes) is 1. The zero-order valence-corrected chi connectivity index (χ0v) is 12.3. The summed E-state index contributed by atoms with van der Waals surface area (Å²) in [5, 5.41) is 13.2. The number of aryl methyl sites for hydroxylation is 1. The van der Waals surface area contributed by atoms with Crippen LogP contribution >= 0.6 is 0 Å². The lowest BCUT2D eigenvalue weighted by Crippen LogP contribution is -2.12. The Labute approximate surface area is 125 Å². The molecule has 0 bridgehead atoms. The summed E-state index contributed by atoms with van der Waals surface area (Å²) in [5.41, 5.74) is 2.88. The molecule has 0 saturated heterocycles. The smallest absolute Gasteiger partial charge is 0.123 e. The van der Waals surface area contributed by atoms with Gasteiger partial charge in [-0.2, -0.15) is 0 Å². The Balaban J connectivity index is 1.87. The van der Waals surface area contributed by atoms with Crippen LogP contribution in [0.2, 0.25) is 0 Å². The topological polar surface area (TPSA) is 32.3 Å². The number of hydrogen-bond acceptors (Lipinski definition) is 2. The summed E-state index contributed by atoms with van der Waals surface area (Å²) in [6.07, 6.45) is 2.77. The minimum Gasteiger partial charge on any atom is -0.387 e. The van der Waals surface area contributed by atoms with E-state index in [9.17, 15) is 9.50 Å². The van der Waals surface area contributed by atoms with Crippen molar-refractivity contribution in [3.8, 4) is 0 Å². The van der Waals surface area contributed by atoms with Crippen LogP contribution in [0, 0.1) is 5.82 Å². The van der Waals surface area contributed by atoms with E-state index in [1.807, 2.05) is 12.1 Å². The molecule has 0 spiro atoms. The van der Waals surface area contributed by atoms with E-state index in [1.165, 1.54) is 30.5 Å². The molecule has 2 N–H and O–H groups in total. The number of benzene rings is 2. The number of aliphatic hydroxyl groups excluding tert-OH is 1. The predicted octanol–water partition coefficient (Wildman–Crippen LogP) is 4.31. The second-order valence-corrected chi connectivity index (χ2v) is 5.25. The van der Waals surface area contributed by atoms with Crippen LogP contribution in [-0.4, -0.2) is 11.7 Å². The van der Waals surface area contributed by atoms with Crippen LogP contribution in [0.25, 0.3) is 0 Å². The number of anilines is 1. The second kappa shape index (κ2) is 7.79. The van der Waals surface area contributed by atoms with Crippen LogP contribution < -0.4 is 5.32 Å². The molecule has 3 heteroatoms. The maximum absolute atomic E-state index is 13.1. The highest BCUT2D eigenvalue weighted by Crippen LogP contribution is 2.16. The van der Waals surface area contributed by atoms with Gasteiger partial charge < -0.3 is 10.4 Å². The van der Waals surface area contributed by atoms with E-state index in [4.69, 9.17) is 0 Å². The van der Waals surface area contributed by atoms with Crippen LogP contribution in [0.5, 0.6) is 0 Å². The number of nitrogens with one attached hydrogen (secondary N) is 1. The molecule has 0 aromatic heterocycles. The lowest BCUT2D eigenvalue weighted by Gasteiger charge is -2.13. The zero-order chi connectivity index (χ0) is 15.1. The van der Waals surface area contributed by atoms with Crippen molar-refractivity contribution < 1.29 is 9.50 Å². The molecule has 112 valence electrons. The number of rotatable bonds is 7. The van der Waals surface area contributed by atoms with Gasteiger partial charge in [-0.15, -0.1) is 0 Å². The van der Waals surface area contributed by atoms with Crippen LogP contribution in [0.15, 0.2) is 48.5 Å². The van der Waals surface area contributed by atoms with Crippen LogP contribution in [0.1, 0.15) is 37.0 Å². The van der Waals surface area contributed by atoms with Gasteiger partial charge >= 0.3 is 0 Å². The summed E-state index contributed by atoms with van der Waals surface area (Å²) >= 11 is 0. The van der Waals surface area contributed by atoms with Gasteiger partial charge in [-0.25, -0.2) is 4.39 Å². The third kappa shape index (κ3) is 4.87. The lowest BCUT2D eigenvalue weighted by atomic mass is 10.1. The maximum atomic E-state index is 13.1. The van der Waals surface area contributed by atoms with Gasteiger partial charge in [0.25, 0.3) is 0 Å². The first-order chi connectivity index (χ1) is 10.2. The fourth-order valence-electron chi connectivity index (χ4n) is 2.22. The summed E-state index contributed by atoms with van der Waals surface area (Å²) in [7, 11) is 0. The summed E-state index contributed by atoms with van der Waals surface area (Å²) in [6.45, 7) is 2.54. The number of halogens is 1. The quantitative estimate of drug-likeness (QED) is 0.795. The Kier molecular flexibility index (Phi) is 5.76. The van der Waals surface area contributed by atoms with Gasteiger partial charge in [0.15, 0.2) is 0 Å². The van der Waals surface area contributed by atoms with E-state index >= 15 is 0 Å². The monoisotopic (exact) mass is 287 g/mol. The summed E-state index contributed by atoms with van der Waals surface area (Å²) < 4.78 is 13.1. The Morgan fingerprint density at radius 1 is 1.14 bits per heavy atom. The highest BCUT2D eigenvalue weighted by Gasteiger charge is 2.07. The molecule has 1 atom stereocenters. The highest BCUT2D eigenvalue weighted by molar-refractivity contribution is 5.45. The average Bonchev–Trinajstić information content (AvgIpc) is 2.51. The number of aliphatic hydroxyl groups is 1. The number of hydrogen-bond donors (Lipinski definition) is 2. The molecular weight excluding hydrogens is 265 g/mol. The predicted molar refractivity (Wildman–Crippen MR) is 84.9 cm³/mol. The van der Waals surface area contributed by atoms with Gasteiger partial charge in [-0.1, -0.05) is 37.6 Å². The summed E-state index contributed by atoms with van der Waals surface area (Å²) in [4.78, 5) is 0. The minimum atomic E-state index is -0.722. The highest BCUT2D eigenvalue weighted by atomic mass is 19.1. The van der Waals surface area contributed by atoms with Gasteiger partial charge in [0.1, 0.15) is 5.82 Å². The average molecular weight is 287 g/mol. The molecular formula is C18H22FNO. The Bertz CT molecular complexity index is 553. The molecule has 2 nitrogen and oxygen atoms in total. The standard InChI is InChI=1S/C18H22FNO/c1-2-3-5-14-8-10-17(11-9-14)20-13-18(21)15-6-4-7-16(19)12-15/h4,6-12,18,20-21H,2-3,5,13H2,1H3. The Hall–Kier alpha value is -1.87. The van der Waals surface area contributed by atoms with Gasteiger partial charge in [0.05, 0.1) is 6.10 Å². The summed E-state index contributed by atoms with van der Waals surface area (Å²) in [6, 6.07) is 14.3. The molecule has 0 aliphatic heterocycles. The van der Waals surface area contributed by atoms with E-state index in [1.54, 1.807) is 12.1 Å².